The molecule has 362 valence electrons. The molecule has 9 atom stereocenters. The number of fused-ring (bicyclic) bond motifs is 2. The molecule has 4 N–H and O–H groups in total. The molecule has 2 aliphatic rings. The summed E-state index contributed by atoms with van der Waals surface area (Å²) in [5.41, 5.74) is -6.15. The van der Waals surface area contributed by atoms with Crippen LogP contribution in [0.15, 0.2) is 54.0 Å². The van der Waals surface area contributed by atoms with Crippen molar-refractivity contribution in [1.29, 1.82) is 10.5 Å². The minimum Gasteiger partial charge on any atom is -0.394 e. The van der Waals surface area contributed by atoms with E-state index in [1.807, 2.05) is 12.1 Å². The lowest BCUT2D eigenvalue weighted by molar-refractivity contribution is -0.118. The average molecular weight is 1030 g/mol. The maximum Gasteiger partial charge on any atom is 0.522 e. The Hall–Kier alpha value is -5.58. The third kappa shape index (κ3) is 10.1. The minimum atomic E-state index is -4.07. The fourth-order valence-corrected chi connectivity index (χ4v) is 12.3. The maximum atomic E-state index is 17.4. The second kappa shape index (κ2) is 21.6. The van der Waals surface area contributed by atoms with E-state index in [0.29, 0.717) is 0 Å². The van der Waals surface area contributed by atoms with Gasteiger partial charge in [0.2, 0.25) is 23.7 Å². The number of aliphatic hydroxyl groups is 1. The first-order chi connectivity index (χ1) is 33.1. The molecule has 21 nitrogen and oxygen atoms in total. The number of terminal acetylenes is 1. The van der Waals surface area contributed by atoms with Crippen LogP contribution in [-0.4, -0.2) is 120 Å². The summed E-state index contributed by atoms with van der Waals surface area (Å²) >= 11 is 11.8. The summed E-state index contributed by atoms with van der Waals surface area (Å²) in [4.78, 5) is 58.8. The number of rotatable bonds is 20. The van der Waals surface area contributed by atoms with Crippen LogP contribution in [0.2, 0.25) is 0 Å². The van der Waals surface area contributed by atoms with Crippen molar-refractivity contribution in [3.63, 3.8) is 0 Å². The maximum absolute atomic E-state index is 17.4. The Bertz CT molecular complexity index is 3000. The summed E-state index contributed by atoms with van der Waals surface area (Å²) in [7, 11) is -2.25. The number of amides is 2. The molecule has 2 saturated heterocycles. The van der Waals surface area contributed by atoms with Gasteiger partial charge in [-0.3, -0.25) is 24.7 Å². The van der Waals surface area contributed by atoms with E-state index in [0.717, 1.165) is 18.9 Å². The molecule has 6 heterocycles. The second-order valence-corrected chi connectivity index (χ2v) is 21.7. The number of imidazole rings is 1. The highest BCUT2D eigenvalue weighted by molar-refractivity contribution is 8.10. The third-order valence-electron chi connectivity index (χ3n) is 11.6. The number of anilines is 2. The van der Waals surface area contributed by atoms with Crippen LogP contribution in [0.25, 0.3) is 22.2 Å². The fraction of sp³-hybridized carbons (Fsp3) is 0.452. The number of hydrogen-bond acceptors (Lipinski definition) is 18. The highest BCUT2D eigenvalue weighted by Gasteiger charge is 2.62. The zero-order valence-corrected chi connectivity index (χ0v) is 40.4. The molecule has 27 heteroatoms. The number of hydrogen-bond donors (Lipinski definition) is 4. The van der Waals surface area contributed by atoms with E-state index in [1.54, 1.807) is 44.2 Å². The fourth-order valence-electron chi connectivity index (χ4n) is 7.93. The molecule has 2 aliphatic heterocycles. The van der Waals surface area contributed by atoms with Crippen LogP contribution in [0.5, 0.6) is 0 Å². The summed E-state index contributed by atoms with van der Waals surface area (Å²) < 4.78 is 73.3. The molecule has 0 bridgehead atoms. The van der Waals surface area contributed by atoms with Gasteiger partial charge >= 0.3 is 7.15 Å². The van der Waals surface area contributed by atoms with Crippen LogP contribution in [0, 0.1) is 46.7 Å². The third-order valence-corrected chi connectivity index (χ3v) is 17.0. The molecule has 0 spiro atoms. The zero-order chi connectivity index (χ0) is 49.7. The average Bonchev–Trinajstić information content (AvgIpc) is 4.11. The smallest absolute Gasteiger partial charge is 0.394 e. The number of alkyl halides is 1. The van der Waals surface area contributed by atoms with Gasteiger partial charge in [-0.2, -0.15) is 15.5 Å². The molecule has 0 saturated carbocycles. The summed E-state index contributed by atoms with van der Waals surface area (Å²) in [5.74, 6) is -0.163. The van der Waals surface area contributed by atoms with Crippen molar-refractivity contribution in [2.75, 3.05) is 50.3 Å². The number of benzene rings is 1. The number of halogens is 2. The molecular formula is C42H44F2N11O10P2S2+. The Labute approximate surface area is 403 Å². The van der Waals surface area contributed by atoms with Crippen molar-refractivity contribution in [3.8, 4) is 24.5 Å². The minimum absolute atomic E-state index is 0.00186. The second-order valence-electron chi connectivity index (χ2n) is 16.0. The molecule has 0 radical (unpaired) electrons. The van der Waals surface area contributed by atoms with Gasteiger partial charge in [0.05, 0.1) is 81.4 Å². The highest BCUT2D eigenvalue weighted by atomic mass is 32.5. The number of carbonyl (C=O) groups is 2. The number of nitrogens with one attached hydrogen (secondary N) is 3. The summed E-state index contributed by atoms with van der Waals surface area (Å²) in [6, 6.07) is 11.1. The normalized spacial score (nSPS) is 23.8. The molecule has 2 amide bonds. The van der Waals surface area contributed by atoms with Crippen molar-refractivity contribution >= 4 is 83.0 Å². The summed E-state index contributed by atoms with van der Waals surface area (Å²) in [6.45, 7) is -1.94. The quantitative estimate of drug-likeness (QED) is 0.0469. The van der Waals surface area contributed by atoms with E-state index in [4.69, 9.17) is 62.9 Å². The largest absolute Gasteiger partial charge is 0.522 e. The molecule has 4 aromatic heterocycles. The molecule has 1 aromatic carbocycles. The van der Waals surface area contributed by atoms with Gasteiger partial charge in [0.15, 0.2) is 41.3 Å². The lowest BCUT2D eigenvalue weighted by Gasteiger charge is -2.43. The highest BCUT2D eigenvalue weighted by Crippen LogP contribution is 2.62. The number of aromatic amines is 1. The van der Waals surface area contributed by atoms with Gasteiger partial charge in [-0.1, -0.05) is 44.9 Å². The SMILES string of the molecule is C#C[C@]1(COP(=S)(OCCC#N)[C@@H](C)[C@]2(n3cnc4c(=O)[nH]c(NC(=O)C(C)C)nc43)CO[C@H](CO)[C@H]2F)OCC(n2cc(F)c3c(NC(=O)c4ccccc4)ncnc32)[C@@H]1O[P+](=S)OCCC#N. The summed E-state index contributed by atoms with van der Waals surface area (Å²) in [6.07, 6.45) is 4.58. The van der Waals surface area contributed by atoms with Crippen LogP contribution in [0.1, 0.15) is 50.0 Å². The van der Waals surface area contributed by atoms with Crippen molar-refractivity contribution in [3.05, 3.63) is 70.9 Å². The molecule has 0 aliphatic carbocycles. The van der Waals surface area contributed by atoms with Crippen LogP contribution >= 0.6 is 13.6 Å². The Kier molecular flexibility index (Phi) is 16.0. The van der Waals surface area contributed by atoms with E-state index < -0.39 is 104 Å². The standard InChI is InChI=1S/C42H43F2N11O10P2S2/c1-5-41(33(65-66(68)62-15-9-13-45)28(19-61-41)54-17-27(43)30-34(47-22-48-35(30)54)50-38(58)26-11-7-6-8-12-26)20-64-67(69,63-16-10-14-46)25(4)42(21-60-29(18-56)32(42)44)55-23-49-31-36(55)51-40(53-39(31)59)52-37(57)24(2)3/h1,6-8,11-12,17,22-25,28-29,32-33,56H,9-10,15-16,18-21H2,2-4H3,(H2-,47,48,50,51,52,53,57,58,59)/p+1/t25-,28?,29+,32+,33-,41+,42+,67?/m0/s1. The number of H-pyrrole nitrogens is 1. The van der Waals surface area contributed by atoms with Gasteiger partial charge in [-0.25, -0.2) is 23.7 Å². The Morgan fingerprint density at radius 2 is 1.87 bits per heavy atom. The van der Waals surface area contributed by atoms with E-state index in [2.05, 4.69) is 41.5 Å². The van der Waals surface area contributed by atoms with Crippen LogP contribution in [-0.2, 0) is 61.5 Å². The van der Waals surface area contributed by atoms with Gasteiger partial charge in [-0.15, -0.1) is 15.5 Å². The molecule has 69 heavy (non-hydrogen) atoms. The number of nitrogens with zero attached hydrogens (tertiary/aromatic N) is 8. The van der Waals surface area contributed by atoms with Crippen molar-refractivity contribution in [2.24, 2.45) is 5.92 Å². The topological polar surface area (TPSA) is 276 Å². The van der Waals surface area contributed by atoms with Gasteiger partial charge in [0.1, 0.15) is 36.0 Å². The number of ether oxygens (including phenoxy) is 2. The van der Waals surface area contributed by atoms with E-state index >= 15 is 8.78 Å². The molecular weight excluding hydrogens is 983 g/mol. The first kappa shape index (κ1) is 51.3. The Morgan fingerprint density at radius 3 is 2.55 bits per heavy atom. The van der Waals surface area contributed by atoms with Crippen LogP contribution < -0.4 is 16.2 Å². The van der Waals surface area contributed by atoms with E-state index in [-0.39, 0.29) is 72.2 Å². The first-order valence-corrected chi connectivity index (χ1v) is 26.0. The van der Waals surface area contributed by atoms with Gasteiger partial charge in [0.25, 0.3) is 11.5 Å². The van der Waals surface area contributed by atoms with Crippen molar-refractivity contribution in [1.82, 2.24) is 34.1 Å². The van der Waals surface area contributed by atoms with Gasteiger partial charge in [-0.05, 0) is 23.9 Å². The van der Waals surface area contributed by atoms with Crippen molar-refractivity contribution in [2.45, 2.75) is 74.8 Å². The predicted molar refractivity (Wildman–Crippen MR) is 251 cm³/mol. The molecule has 3 unspecified atom stereocenters. The molecule has 5 aromatic rings. The zero-order valence-electron chi connectivity index (χ0n) is 37.0. The number of nitriles is 2. The van der Waals surface area contributed by atoms with E-state index in [1.165, 1.54) is 16.1 Å². The predicted octanol–water partition coefficient (Wildman–Crippen LogP) is 4.65. The lowest BCUT2D eigenvalue weighted by atomic mass is 9.89. The van der Waals surface area contributed by atoms with Crippen LogP contribution in [0.4, 0.5) is 20.5 Å². The first-order valence-electron chi connectivity index (χ1n) is 21.1. The number of aliphatic hydroxyl groups excluding tert-OH is 1. The lowest BCUT2D eigenvalue weighted by Crippen LogP contribution is -2.53. The molecule has 2 fully saturated rings. The van der Waals surface area contributed by atoms with Crippen molar-refractivity contribution < 1.29 is 51.0 Å². The summed E-state index contributed by atoms with van der Waals surface area (Å²) in [5, 5.41) is 34.0. The Morgan fingerprint density at radius 1 is 1.13 bits per heavy atom. The number of aromatic nitrogens is 7. The van der Waals surface area contributed by atoms with Crippen LogP contribution in [0.3, 0.4) is 0 Å². The van der Waals surface area contributed by atoms with Gasteiger partial charge < -0.3 is 38.1 Å². The Balaban J connectivity index is 1.29. The monoisotopic (exact) mass is 1030 g/mol. The van der Waals surface area contributed by atoms with Gasteiger partial charge in [0, 0.05) is 17.7 Å². The number of carbonyl (C=O) groups excluding carboxylic acids is 2. The van der Waals surface area contributed by atoms with E-state index in [9.17, 15) is 24.8 Å². The molecule has 7 rings (SSSR count).